The molecule has 44 heavy (non-hydrogen) atoms. The first-order valence-electron chi connectivity index (χ1n) is 19.0. The lowest BCUT2D eigenvalue weighted by molar-refractivity contribution is -0.197. The average molecular weight is 620 g/mol. The summed E-state index contributed by atoms with van der Waals surface area (Å²) in [4.78, 5) is 39.6. The van der Waals surface area contributed by atoms with Crippen LogP contribution in [-0.2, 0) is 19.2 Å². The largest absolute Gasteiger partial charge is 0.396 e. The topological polar surface area (TPSA) is 83.9 Å². The van der Waals surface area contributed by atoms with Crippen molar-refractivity contribution in [1.29, 1.82) is 0 Å². The summed E-state index contributed by atoms with van der Waals surface area (Å²) in [5.74, 6) is -1.30. The van der Waals surface area contributed by atoms with Crippen LogP contribution in [0.15, 0.2) is 12.2 Å². The summed E-state index contributed by atoms with van der Waals surface area (Å²) in [6.45, 7) is 0.349. The molecule has 0 aromatic heterocycles. The fourth-order valence-corrected chi connectivity index (χ4v) is 6.01. The maximum Gasteiger partial charge on any atom is 0.333 e. The highest BCUT2D eigenvalue weighted by Gasteiger charge is 2.32. The highest BCUT2D eigenvalue weighted by molar-refractivity contribution is 6.01. The molecule has 0 bridgehead atoms. The quantitative estimate of drug-likeness (QED) is 0.0449. The summed E-state index contributed by atoms with van der Waals surface area (Å²) in [7, 11) is 0. The summed E-state index contributed by atoms with van der Waals surface area (Å²) < 4.78 is 0. The molecule has 0 aromatic carbocycles. The van der Waals surface area contributed by atoms with E-state index in [1.54, 1.807) is 0 Å². The molecule has 1 fully saturated rings. The SMILES string of the molecule is O=C(CCCCCCCCCCCCCCCCCCCCCCC/C=C\CCCCCCCCO)ON1C(=O)CCC1=O. The Morgan fingerprint density at radius 2 is 0.795 bits per heavy atom. The number of aliphatic hydroxyl groups is 1. The van der Waals surface area contributed by atoms with Gasteiger partial charge in [-0.3, -0.25) is 9.59 Å². The van der Waals surface area contributed by atoms with Crippen molar-refractivity contribution in [1.82, 2.24) is 5.06 Å². The Balaban J connectivity index is 1.68. The molecule has 6 heteroatoms. The Morgan fingerprint density at radius 1 is 0.500 bits per heavy atom. The first-order valence-corrected chi connectivity index (χ1v) is 19.0. The molecular formula is C38H69NO5. The van der Waals surface area contributed by atoms with Crippen molar-refractivity contribution in [3.8, 4) is 0 Å². The van der Waals surface area contributed by atoms with E-state index in [9.17, 15) is 14.4 Å². The Morgan fingerprint density at radius 3 is 1.14 bits per heavy atom. The van der Waals surface area contributed by atoms with Gasteiger partial charge in [0.15, 0.2) is 0 Å². The molecule has 0 spiro atoms. The number of aliphatic hydroxyl groups excluding tert-OH is 1. The summed E-state index contributed by atoms with van der Waals surface area (Å²) in [6, 6.07) is 0. The van der Waals surface area contributed by atoms with Crippen molar-refractivity contribution in [2.45, 2.75) is 205 Å². The number of nitrogens with zero attached hydrogens (tertiary/aromatic N) is 1. The molecule has 0 radical (unpaired) electrons. The van der Waals surface area contributed by atoms with E-state index in [0.29, 0.717) is 11.7 Å². The first-order chi connectivity index (χ1) is 21.6. The van der Waals surface area contributed by atoms with Crippen LogP contribution in [0.3, 0.4) is 0 Å². The lowest BCUT2D eigenvalue weighted by Gasteiger charge is -2.12. The van der Waals surface area contributed by atoms with Gasteiger partial charge in [-0.15, -0.1) is 5.06 Å². The monoisotopic (exact) mass is 620 g/mol. The van der Waals surface area contributed by atoms with Gasteiger partial charge in [-0.2, -0.15) is 0 Å². The van der Waals surface area contributed by atoms with Crippen molar-refractivity contribution < 1.29 is 24.3 Å². The Hall–Kier alpha value is -1.69. The molecule has 2 amide bonds. The summed E-state index contributed by atoms with van der Waals surface area (Å²) in [5.41, 5.74) is 0. The van der Waals surface area contributed by atoms with Gasteiger partial charge in [-0.1, -0.05) is 160 Å². The third-order valence-electron chi connectivity index (χ3n) is 8.90. The average Bonchev–Trinajstić information content (AvgIpc) is 3.33. The Kier molecular flexibility index (Phi) is 28.7. The maximum absolute atomic E-state index is 11.8. The number of carbonyl (C=O) groups is 3. The molecule has 0 saturated carbocycles. The molecule has 1 heterocycles. The fraction of sp³-hybridized carbons (Fsp3) is 0.868. The summed E-state index contributed by atoms with van der Waals surface area (Å²) in [6.07, 6.45) is 42.9. The molecule has 0 aliphatic carbocycles. The third-order valence-corrected chi connectivity index (χ3v) is 8.90. The normalized spacial score (nSPS) is 13.5. The van der Waals surface area contributed by atoms with Gasteiger partial charge >= 0.3 is 5.97 Å². The molecule has 0 aromatic rings. The second kappa shape index (κ2) is 31.3. The maximum atomic E-state index is 11.8. The molecule has 1 saturated heterocycles. The van der Waals surface area contributed by atoms with Crippen LogP contribution in [-0.4, -0.2) is 34.6 Å². The van der Waals surface area contributed by atoms with Crippen LogP contribution in [0.25, 0.3) is 0 Å². The van der Waals surface area contributed by atoms with Gasteiger partial charge in [0, 0.05) is 25.9 Å². The van der Waals surface area contributed by atoms with Gasteiger partial charge in [0.25, 0.3) is 11.8 Å². The second-order valence-corrected chi connectivity index (χ2v) is 13.1. The zero-order valence-electron chi connectivity index (χ0n) is 28.5. The number of carbonyl (C=O) groups excluding carboxylic acids is 3. The molecule has 0 atom stereocenters. The zero-order valence-corrected chi connectivity index (χ0v) is 28.5. The van der Waals surface area contributed by atoms with E-state index in [4.69, 9.17) is 9.94 Å². The van der Waals surface area contributed by atoms with Crippen LogP contribution < -0.4 is 0 Å². The van der Waals surface area contributed by atoms with Crippen LogP contribution in [0, 0.1) is 0 Å². The molecule has 1 N–H and O–H groups in total. The van der Waals surface area contributed by atoms with E-state index in [-0.39, 0.29) is 19.3 Å². The number of amides is 2. The van der Waals surface area contributed by atoms with Crippen LogP contribution in [0.2, 0.25) is 0 Å². The highest BCUT2D eigenvalue weighted by Crippen LogP contribution is 2.17. The highest BCUT2D eigenvalue weighted by atomic mass is 16.7. The molecule has 0 unspecified atom stereocenters. The lowest BCUT2D eigenvalue weighted by atomic mass is 10.0. The van der Waals surface area contributed by atoms with Crippen LogP contribution in [0.5, 0.6) is 0 Å². The molecule has 1 aliphatic rings. The molecule has 6 nitrogen and oxygen atoms in total. The van der Waals surface area contributed by atoms with E-state index >= 15 is 0 Å². The van der Waals surface area contributed by atoms with E-state index in [1.165, 1.54) is 161 Å². The van der Waals surface area contributed by atoms with Gasteiger partial charge in [-0.25, -0.2) is 4.79 Å². The molecular weight excluding hydrogens is 550 g/mol. The summed E-state index contributed by atoms with van der Waals surface area (Å²) in [5, 5.41) is 9.42. The minimum Gasteiger partial charge on any atom is -0.396 e. The molecule has 256 valence electrons. The van der Waals surface area contributed by atoms with Crippen molar-refractivity contribution in [3.63, 3.8) is 0 Å². The predicted molar refractivity (Wildman–Crippen MR) is 182 cm³/mol. The second-order valence-electron chi connectivity index (χ2n) is 13.1. The summed E-state index contributed by atoms with van der Waals surface area (Å²) >= 11 is 0. The number of unbranched alkanes of at least 4 members (excludes halogenated alkanes) is 27. The van der Waals surface area contributed by atoms with Gasteiger partial charge in [0.2, 0.25) is 0 Å². The van der Waals surface area contributed by atoms with Crippen LogP contribution in [0.4, 0.5) is 0 Å². The zero-order chi connectivity index (χ0) is 31.8. The van der Waals surface area contributed by atoms with Gasteiger partial charge in [0.1, 0.15) is 0 Å². The predicted octanol–water partition coefficient (Wildman–Crippen LogP) is 10.8. The number of hydrogen-bond donors (Lipinski definition) is 1. The van der Waals surface area contributed by atoms with Crippen LogP contribution >= 0.6 is 0 Å². The first kappa shape index (κ1) is 40.3. The minimum absolute atomic E-state index is 0.141. The Labute approximate surface area is 271 Å². The van der Waals surface area contributed by atoms with E-state index < -0.39 is 17.8 Å². The van der Waals surface area contributed by atoms with Crippen molar-refractivity contribution in [2.75, 3.05) is 6.61 Å². The van der Waals surface area contributed by atoms with E-state index in [1.807, 2.05) is 0 Å². The number of rotatable bonds is 33. The van der Waals surface area contributed by atoms with E-state index in [2.05, 4.69) is 12.2 Å². The van der Waals surface area contributed by atoms with Gasteiger partial charge in [0.05, 0.1) is 0 Å². The molecule has 1 aliphatic heterocycles. The standard InChI is InChI=1S/C38H69NO5/c40-35-31-29-27-25-23-21-19-17-15-13-11-9-7-5-3-1-2-4-6-8-10-12-14-16-18-20-22-24-26-28-30-32-38(43)44-39-36(41)33-34-37(39)42/h15,17,40H,1-14,16,18-35H2/b17-15-. The third kappa shape index (κ3) is 25.6. The minimum atomic E-state index is -0.478. The van der Waals surface area contributed by atoms with Crippen molar-refractivity contribution in [2.24, 2.45) is 0 Å². The number of allylic oxidation sites excluding steroid dienone is 2. The fourth-order valence-electron chi connectivity index (χ4n) is 6.01. The smallest absolute Gasteiger partial charge is 0.333 e. The number of imide groups is 1. The number of hydroxylamine groups is 2. The Bertz CT molecular complexity index is 706. The van der Waals surface area contributed by atoms with Gasteiger partial charge in [-0.05, 0) is 38.5 Å². The van der Waals surface area contributed by atoms with Gasteiger partial charge < -0.3 is 9.94 Å². The molecule has 1 rings (SSSR count). The number of hydrogen-bond acceptors (Lipinski definition) is 5. The van der Waals surface area contributed by atoms with E-state index in [0.717, 1.165) is 25.7 Å². The van der Waals surface area contributed by atoms with Crippen molar-refractivity contribution >= 4 is 17.8 Å². The van der Waals surface area contributed by atoms with Crippen molar-refractivity contribution in [3.05, 3.63) is 12.2 Å². The van der Waals surface area contributed by atoms with Crippen LogP contribution in [0.1, 0.15) is 205 Å². The lowest BCUT2D eigenvalue weighted by Crippen LogP contribution is -2.31.